The molecule has 1 amide bonds. The van der Waals surface area contributed by atoms with Gasteiger partial charge in [0.2, 0.25) is 5.91 Å². The summed E-state index contributed by atoms with van der Waals surface area (Å²) in [6.07, 6.45) is 3.53. The van der Waals surface area contributed by atoms with Crippen molar-refractivity contribution < 1.29 is 4.79 Å². The molecule has 1 aliphatic heterocycles. The molecule has 0 radical (unpaired) electrons. The molecule has 1 fully saturated rings. The first-order chi connectivity index (χ1) is 9.70. The summed E-state index contributed by atoms with van der Waals surface area (Å²) in [6, 6.07) is -0.429. The Morgan fingerprint density at radius 1 is 1.24 bits per heavy atom. The maximum Gasteiger partial charge on any atom is 0.237 e. The van der Waals surface area contributed by atoms with Gasteiger partial charge in [-0.05, 0) is 43.1 Å². The SMILES string of the molecule is CC1CC(C)CN(CCCCNC(=O)[C@@H](N)C(C)(C)C)C1. The number of nitrogens with one attached hydrogen (secondary N) is 1. The largest absolute Gasteiger partial charge is 0.355 e. The summed E-state index contributed by atoms with van der Waals surface area (Å²) in [5.74, 6) is 1.61. The second-order valence-electron chi connectivity index (χ2n) is 8.05. The predicted octanol–water partition coefficient (Wildman–Crippen LogP) is 2.23. The molecule has 2 unspecified atom stereocenters. The van der Waals surface area contributed by atoms with Crippen molar-refractivity contribution in [1.82, 2.24) is 10.2 Å². The summed E-state index contributed by atoms with van der Waals surface area (Å²) >= 11 is 0. The number of carbonyl (C=O) groups excluding carboxylic acids is 1. The van der Waals surface area contributed by atoms with Crippen LogP contribution in [0.5, 0.6) is 0 Å². The first kappa shape index (κ1) is 18.4. The van der Waals surface area contributed by atoms with E-state index < -0.39 is 6.04 Å². The zero-order valence-electron chi connectivity index (χ0n) is 14.6. The van der Waals surface area contributed by atoms with E-state index in [9.17, 15) is 4.79 Å². The lowest BCUT2D eigenvalue weighted by molar-refractivity contribution is -0.124. The van der Waals surface area contributed by atoms with Crippen LogP contribution in [-0.4, -0.2) is 43.0 Å². The molecule has 0 spiro atoms. The molecule has 3 atom stereocenters. The van der Waals surface area contributed by atoms with Crippen LogP contribution < -0.4 is 11.1 Å². The molecule has 0 aromatic heterocycles. The molecule has 0 aromatic rings. The van der Waals surface area contributed by atoms with Gasteiger partial charge in [-0.3, -0.25) is 4.79 Å². The number of unbranched alkanes of at least 4 members (excludes halogenated alkanes) is 1. The van der Waals surface area contributed by atoms with Crippen molar-refractivity contribution in [2.45, 2.75) is 59.9 Å². The second kappa shape index (κ2) is 8.14. The van der Waals surface area contributed by atoms with Crippen molar-refractivity contribution in [2.24, 2.45) is 23.0 Å². The van der Waals surface area contributed by atoms with Crippen molar-refractivity contribution in [2.75, 3.05) is 26.2 Å². The predicted molar refractivity (Wildman–Crippen MR) is 89.1 cm³/mol. The fourth-order valence-corrected chi connectivity index (χ4v) is 3.15. The average Bonchev–Trinajstić information content (AvgIpc) is 2.35. The molecule has 1 saturated heterocycles. The molecule has 1 rings (SSSR count). The molecule has 0 saturated carbocycles. The van der Waals surface area contributed by atoms with Gasteiger partial charge < -0.3 is 16.0 Å². The molecule has 0 aliphatic carbocycles. The highest BCUT2D eigenvalue weighted by atomic mass is 16.2. The fraction of sp³-hybridized carbons (Fsp3) is 0.941. The molecule has 0 bridgehead atoms. The Balaban J connectivity index is 2.13. The van der Waals surface area contributed by atoms with E-state index in [0.29, 0.717) is 0 Å². The number of amides is 1. The van der Waals surface area contributed by atoms with E-state index >= 15 is 0 Å². The smallest absolute Gasteiger partial charge is 0.237 e. The number of nitrogens with zero attached hydrogens (tertiary/aromatic N) is 1. The Labute approximate surface area is 130 Å². The molecule has 1 aliphatic rings. The molecule has 1 heterocycles. The van der Waals surface area contributed by atoms with Crippen molar-refractivity contribution >= 4 is 5.91 Å². The minimum absolute atomic E-state index is 0.0253. The lowest BCUT2D eigenvalue weighted by atomic mass is 9.87. The van der Waals surface area contributed by atoms with Crippen LogP contribution in [0.4, 0.5) is 0 Å². The average molecular weight is 297 g/mol. The third kappa shape index (κ3) is 6.79. The summed E-state index contributed by atoms with van der Waals surface area (Å²) in [5, 5.41) is 2.96. The van der Waals surface area contributed by atoms with E-state index in [4.69, 9.17) is 5.73 Å². The summed E-state index contributed by atoms with van der Waals surface area (Å²) in [7, 11) is 0. The van der Waals surface area contributed by atoms with Crippen LogP contribution in [-0.2, 0) is 4.79 Å². The van der Waals surface area contributed by atoms with Gasteiger partial charge in [0.15, 0.2) is 0 Å². The van der Waals surface area contributed by atoms with Crippen molar-refractivity contribution in [3.8, 4) is 0 Å². The third-order valence-electron chi connectivity index (χ3n) is 4.36. The number of rotatable bonds is 6. The van der Waals surface area contributed by atoms with Crippen LogP contribution in [0.1, 0.15) is 53.9 Å². The molecule has 0 aromatic carbocycles. The van der Waals surface area contributed by atoms with Crippen LogP contribution in [0.25, 0.3) is 0 Å². The van der Waals surface area contributed by atoms with E-state index in [1.165, 1.54) is 19.5 Å². The number of likely N-dealkylation sites (tertiary alicyclic amines) is 1. The highest BCUT2D eigenvalue weighted by Gasteiger charge is 2.27. The van der Waals surface area contributed by atoms with E-state index in [0.717, 1.165) is 37.8 Å². The van der Waals surface area contributed by atoms with Gasteiger partial charge in [0.05, 0.1) is 6.04 Å². The normalized spacial score (nSPS) is 25.6. The monoisotopic (exact) mass is 297 g/mol. The maximum absolute atomic E-state index is 11.9. The molecular weight excluding hydrogens is 262 g/mol. The van der Waals surface area contributed by atoms with Crippen molar-refractivity contribution in [3.05, 3.63) is 0 Å². The standard InChI is InChI=1S/C17H35N3O/c1-13-10-14(2)12-20(11-13)9-7-6-8-19-16(21)15(18)17(3,4)5/h13-15H,6-12,18H2,1-5H3,(H,19,21)/t13?,14?,15-/m1/s1. The molecule has 3 N–H and O–H groups in total. The zero-order valence-corrected chi connectivity index (χ0v) is 14.6. The Morgan fingerprint density at radius 3 is 2.33 bits per heavy atom. The van der Waals surface area contributed by atoms with Gasteiger partial charge in [-0.25, -0.2) is 0 Å². The van der Waals surface area contributed by atoms with Gasteiger partial charge in [-0.1, -0.05) is 34.6 Å². The highest BCUT2D eigenvalue weighted by Crippen LogP contribution is 2.21. The summed E-state index contributed by atoms with van der Waals surface area (Å²) in [5.41, 5.74) is 5.76. The first-order valence-corrected chi connectivity index (χ1v) is 8.45. The summed E-state index contributed by atoms with van der Waals surface area (Å²) in [4.78, 5) is 14.5. The number of nitrogens with two attached hydrogens (primary N) is 1. The van der Waals surface area contributed by atoms with E-state index in [-0.39, 0.29) is 11.3 Å². The van der Waals surface area contributed by atoms with Gasteiger partial charge in [0.25, 0.3) is 0 Å². The Hall–Kier alpha value is -0.610. The number of piperidine rings is 1. The van der Waals surface area contributed by atoms with Crippen molar-refractivity contribution in [3.63, 3.8) is 0 Å². The summed E-state index contributed by atoms with van der Waals surface area (Å²) < 4.78 is 0. The molecule has 4 nitrogen and oxygen atoms in total. The summed E-state index contributed by atoms with van der Waals surface area (Å²) in [6.45, 7) is 15.0. The van der Waals surface area contributed by atoms with Gasteiger partial charge in [0.1, 0.15) is 0 Å². The maximum atomic E-state index is 11.9. The molecule has 21 heavy (non-hydrogen) atoms. The number of hydrogen-bond acceptors (Lipinski definition) is 3. The lowest BCUT2D eigenvalue weighted by Crippen LogP contribution is -2.48. The van der Waals surface area contributed by atoms with Crippen LogP contribution >= 0.6 is 0 Å². The van der Waals surface area contributed by atoms with Crippen molar-refractivity contribution in [1.29, 1.82) is 0 Å². The Morgan fingerprint density at radius 2 is 1.81 bits per heavy atom. The minimum Gasteiger partial charge on any atom is -0.355 e. The van der Waals surface area contributed by atoms with Gasteiger partial charge >= 0.3 is 0 Å². The van der Waals surface area contributed by atoms with Crippen LogP contribution in [0.15, 0.2) is 0 Å². The van der Waals surface area contributed by atoms with Crippen LogP contribution in [0.2, 0.25) is 0 Å². The van der Waals surface area contributed by atoms with Crippen LogP contribution in [0, 0.1) is 17.3 Å². The van der Waals surface area contributed by atoms with Gasteiger partial charge in [-0.15, -0.1) is 0 Å². The van der Waals surface area contributed by atoms with E-state index in [1.54, 1.807) is 0 Å². The Kier molecular flexibility index (Phi) is 7.14. The molecular formula is C17H35N3O. The molecule has 124 valence electrons. The zero-order chi connectivity index (χ0) is 16.0. The topological polar surface area (TPSA) is 58.4 Å². The molecule has 4 heteroatoms. The number of hydrogen-bond donors (Lipinski definition) is 2. The van der Waals surface area contributed by atoms with Gasteiger partial charge in [-0.2, -0.15) is 0 Å². The number of carbonyl (C=O) groups is 1. The van der Waals surface area contributed by atoms with E-state index in [1.807, 2.05) is 20.8 Å². The minimum atomic E-state index is -0.429. The highest BCUT2D eigenvalue weighted by molar-refractivity contribution is 5.82. The first-order valence-electron chi connectivity index (χ1n) is 8.45. The lowest BCUT2D eigenvalue weighted by Gasteiger charge is -2.35. The second-order valence-corrected chi connectivity index (χ2v) is 8.05. The van der Waals surface area contributed by atoms with E-state index in [2.05, 4.69) is 24.1 Å². The Bertz CT molecular complexity index is 314. The fourth-order valence-electron chi connectivity index (χ4n) is 3.15. The van der Waals surface area contributed by atoms with Gasteiger partial charge in [0, 0.05) is 19.6 Å². The third-order valence-corrected chi connectivity index (χ3v) is 4.36. The quantitative estimate of drug-likeness (QED) is 0.739. The van der Waals surface area contributed by atoms with Crippen LogP contribution in [0.3, 0.4) is 0 Å².